The molecular weight excluding hydrogens is 312 g/mol. The lowest BCUT2D eigenvalue weighted by Crippen LogP contribution is -2.19. The molecule has 92 valence electrons. The maximum Gasteiger partial charge on any atom is 0.244 e. The number of halogens is 1. The highest BCUT2D eigenvalue weighted by molar-refractivity contribution is 9.11. The van der Waals surface area contributed by atoms with Crippen LogP contribution in [0.5, 0.6) is 0 Å². The van der Waals surface area contributed by atoms with E-state index in [-0.39, 0.29) is 5.91 Å². The molecule has 2 rings (SSSR count). The average molecular weight is 323 g/mol. The van der Waals surface area contributed by atoms with Crippen LogP contribution in [-0.2, 0) is 11.3 Å². The highest BCUT2D eigenvalue weighted by atomic mass is 79.9. The number of nitrogens with one attached hydrogen (secondary N) is 1. The molecule has 0 unspecified atom stereocenters. The second-order valence-corrected chi connectivity index (χ2v) is 6.06. The van der Waals surface area contributed by atoms with Crippen LogP contribution >= 0.6 is 27.3 Å². The van der Waals surface area contributed by atoms with Gasteiger partial charge < -0.3 is 5.32 Å². The Morgan fingerprint density at radius 1 is 1.39 bits per heavy atom. The highest BCUT2D eigenvalue weighted by Crippen LogP contribution is 2.21. The SMILES string of the molecule is O=C(C=Cc1ccccn1)NCc1ccc(Br)s1. The van der Waals surface area contributed by atoms with Crippen molar-refractivity contribution in [3.05, 3.63) is 57.0 Å². The predicted octanol–water partition coefficient (Wildman–Crippen LogP) is 3.24. The number of carbonyl (C=O) groups is 1. The molecule has 2 aromatic heterocycles. The van der Waals surface area contributed by atoms with Gasteiger partial charge in [-0.3, -0.25) is 9.78 Å². The molecule has 0 aliphatic heterocycles. The minimum absolute atomic E-state index is 0.120. The summed E-state index contributed by atoms with van der Waals surface area (Å²) >= 11 is 4.99. The molecule has 0 aromatic carbocycles. The van der Waals surface area contributed by atoms with Crippen molar-refractivity contribution >= 4 is 39.2 Å². The Bertz CT molecular complexity index is 551. The van der Waals surface area contributed by atoms with Gasteiger partial charge in [-0.25, -0.2) is 0 Å². The number of hydrogen-bond donors (Lipinski definition) is 1. The number of carbonyl (C=O) groups excluding carboxylic acids is 1. The Balaban J connectivity index is 1.84. The summed E-state index contributed by atoms with van der Waals surface area (Å²) in [7, 11) is 0. The van der Waals surface area contributed by atoms with Crippen LogP contribution in [0.2, 0.25) is 0 Å². The highest BCUT2D eigenvalue weighted by Gasteiger charge is 1.99. The van der Waals surface area contributed by atoms with Gasteiger partial charge in [0.05, 0.1) is 16.0 Å². The van der Waals surface area contributed by atoms with Crippen LogP contribution in [0.4, 0.5) is 0 Å². The van der Waals surface area contributed by atoms with E-state index in [1.165, 1.54) is 6.08 Å². The molecule has 0 fully saturated rings. The van der Waals surface area contributed by atoms with Gasteiger partial charge >= 0.3 is 0 Å². The van der Waals surface area contributed by atoms with E-state index in [0.29, 0.717) is 6.54 Å². The molecule has 0 saturated carbocycles. The van der Waals surface area contributed by atoms with Gasteiger partial charge in [0.1, 0.15) is 0 Å². The van der Waals surface area contributed by atoms with E-state index >= 15 is 0 Å². The van der Waals surface area contributed by atoms with E-state index < -0.39 is 0 Å². The first-order valence-electron chi connectivity index (χ1n) is 5.35. The second kappa shape index (κ2) is 6.47. The van der Waals surface area contributed by atoms with E-state index in [2.05, 4.69) is 26.2 Å². The van der Waals surface area contributed by atoms with Crippen LogP contribution < -0.4 is 5.32 Å². The molecule has 0 radical (unpaired) electrons. The topological polar surface area (TPSA) is 42.0 Å². The first-order valence-corrected chi connectivity index (χ1v) is 6.96. The lowest BCUT2D eigenvalue weighted by molar-refractivity contribution is -0.116. The molecule has 2 heterocycles. The smallest absolute Gasteiger partial charge is 0.244 e. The van der Waals surface area contributed by atoms with E-state index in [1.54, 1.807) is 23.6 Å². The van der Waals surface area contributed by atoms with Gasteiger partial charge in [0, 0.05) is 17.2 Å². The van der Waals surface area contributed by atoms with Crippen LogP contribution in [0.1, 0.15) is 10.6 Å². The Morgan fingerprint density at radius 3 is 2.94 bits per heavy atom. The van der Waals surface area contributed by atoms with Crippen LogP contribution in [-0.4, -0.2) is 10.9 Å². The number of hydrogen-bond acceptors (Lipinski definition) is 3. The second-order valence-electron chi connectivity index (χ2n) is 3.51. The molecule has 18 heavy (non-hydrogen) atoms. The number of aromatic nitrogens is 1. The fraction of sp³-hybridized carbons (Fsp3) is 0.0769. The molecule has 0 saturated heterocycles. The summed E-state index contributed by atoms with van der Waals surface area (Å²) in [6.07, 6.45) is 4.88. The zero-order valence-corrected chi connectivity index (χ0v) is 11.9. The Labute approximate surface area is 118 Å². The summed E-state index contributed by atoms with van der Waals surface area (Å²) in [4.78, 5) is 16.8. The first-order chi connectivity index (χ1) is 8.74. The van der Waals surface area contributed by atoms with Crippen molar-refractivity contribution in [2.75, 3.05) is 0 Å². The summed E-state index contributed by atoms with van der Waals surface area (Å²) in [6.45, 7) is 0.543. The summed E-state index contributed by atoms with van der Waals surface area (Å²) in [5.74, 6) is -0.120. The summed E-state index contributed by atoms with van der Waals surface area (Å²) in [5.41, 5.74) is 0.770. The molecule has 0 spiro atoms. The third-order valence-corrected chi connectivity index (χ3v) is 3.78. The molecule has 0 bridgehead atoms. The van der Waals surface area contributed by atoms with Crippen molar-refractivity contribution in [1.29, 1.82) is 0 Å². The van der Waals surface area contributed by atoms with Crippen LogP contribution in [0.3, 0.4) is 0 Å². The van der Waals surface area contributed by atoms with Crippen molar-refractivity contribution in [3.8, 4) is 0 Å². The number of pyridine rings is 1. The van der Waals surface area contributed by atoms with Gasteiger partial charge in [-0.05, 0) is 46.3 Å². The Morgan fingerprint density at radius 2 is 2.28 bits per heavy atom. The molecule has 0 atom stereocenters. The monoisotopic (exact) mass is 322 g/mol. The molecular formula is C13H11BrN2OS. The van der Waals surface area contributed by atoms with Gasteiger partial charge in [0.2, 0.25) is 5.91 Å². The van der Waals surface area contributed by atoms with Gasteiger partial charge in [-0.2, -0.15) is 0 Å². The van der Waals surface area contributed by atoms with Crippen molar-refractivity contribution < 1.29 is 4.79 Å². The maximum absolute atomic E-state index is 11.6. The van der Waals surface area contributed by atoms with E-state index in [4.69, 9.17) is 0 Å². The van der Waals surface area contributed by atoms with Crippen molar-refractivity contribution in [2.24, 2.45) is 0 Å². The van der Waals surface area contributed by atoms with E-state index in [1.807, 2.05) is 30.3 Å². The molecule has 2 aromatic rings. The van der Waals surface area contributed by atoms with E-state index in [0.717, 1.165) is 14.4 Å². The van der Waals surface area contributed by atoms with E-state index in [9.17, 15) is 4.79 Å². The van der Waals surface area contributed by atoms with Gasteiger partial charge in [0.25, 0.3) is 0 Å². The summed E-state index contributed by atoms with van der Waals surface area (Å²) in [5, 5.41) is 2.82. The maximum atomic E-state index is 11.6. The quantitative estimate of drug-likeness (QED) is 0.878. The van der Waals surface area contributed by atoms with Crippen LogP contribution in [0.25, 0.3) is 6.08 Å². The number of rotatable bonds is 4. The Kier molecular flexibility index (Phi) is 4.66. The molecule has 5 heteroatoms. The third kappa shape index (κ3) is 4.09. The largest absolute Gasteiger partial charge is 0.348 e. The van der Waals surface area contributed by atoms with Crippen molar-refractivity contribution in [1.82, 2.24) is 10.3 Å². The molecule has 1 N–H and O–H groups in total. The van der Waals surface area contributed by atoms with Gasteiger partial charge in [0.15, 0.2) is 0 Å². The standard InChI is InChI=1S/C13H11BrN2OS/c14-12-6-5-11(18-12)9-16-13(17)7-4-10-3-1-2-8-15-10/h1-8H,9H2,(H,16,17). The number of amides is 1. The lowest BCUT2D eigenvalue weighted by Gasteiger charge is -1.98. The van der Waals surface area contributed by atoms with Crippen LogP contribution in [0, 0.1) is 0 Å². The predicted molar refractivity (Wildman–Crippen MR) is 77.1 cm³/mol. The minimum atomic E-state index is -0.120. The van der Waals surface area contributed by atoms with Gasteiger partial charge in [-0.15, -0.1) is 11.3 Å². The minimum Gasteiger partial charge on any atom is -0.348 e. The Hall–Kier alpha value is -1.46. The van der Waals surface area contributed by atoms with Gasteiger partial charge in [-0.1, -0.05) is 6.07 Å². The van der Waals surface area contributed by atoms with Crippen molar-refractivity contribution in [3.63, 3.8) is 0 Å². The average Bonchev–Trinajstić information content (AvgIpc) is 2.81. The third-order valence-electron chi connectivity index (χ3n) is 2.16. The fourth-order valence-electron chi connectivity index (χ4n) is 1.32. The molecule has 0 aliphatic rings. The molecule has 3 nitrogen and oxygen atoms in total. The molecule has 0 aliphatic carbocycles. The number of thiophene rings is 1. The zero-order valence-electron chi connectivity index (χ0n) is 9.47. The summed E-state index contributed by atoms with van der Waals surface area (Å²) < 4.78 is 1.07. The number of nitrogens with zero attached hydrogens (tertiary/aromatic N) is 1. The summed E-state index contributed by atoms with van der Waals surface area (Å²) in [6, 6.07) is 9.52. The first kappa shape index (κ1) is 13.0. The molecule has 1 amide bonds. The fourth-order valence-corrected chi connectivity index (χ4v) is 2.74. The van der Waals surface area contributed by atoms with Crippen molar-refractivity contribution in [2.45, 2.75) is 6.54 Å². The van der Waals surface area contributed by atoms with Crippen LogP contribution in [0.15, 0.2) is 46.4 Å². The lowest BCUT2D eigenvalue weighted by atomic mass is 10.3. The zero-order chi connectivity index (χ0) is 12.8. The normalized spacial score (nSPS) is 10.7.